The summed E-state index contributed by atoms with van der Waals surface area (Å²) >= 11 is 3.32. The highest BCUT2D eigenvalue weighted by atomic mass is 79.9. The van der Waals surface area contributed by atoms with Gasteiger partial charge in [-0.2, -0.15) is 13.2 Å². The van der Waals surface area contributed by atoms with E-state index in [1.54, 1.807) is 18.2 Å². The van der Waals surface area contributed by atoms with Crippen molar-refractivity contribution in [2.45, 2.75) is 13.1 Å². The third-order valence-corrected chi connectivity index (χ3v) is 5.62. The minimum atomic E-state index is -4.63. The molecule has 0 saturated carbocycles. The van der Waals surface area contributed by atoms with Crippen LogP contribution in [0, 0.1) is 6.92 Å². The van der Waals surface area contributed by atoms with E-state index < -0.39 is 34.2 Å². The lowest BCUT2D eigenvalue weighted by Gasteiger charge is -2.23. The summed E-state index contributed by atoms with van der Waals surface area (Å²) in [7, 11) is -3.98. The van der Waals surface area contributed by atoms with Gasteiger partial charge < -0.3 is 5.32 Å². The summed E-state index contributed by atoms with van der Waals surface area (Å²) in [4.78, 5) is 12.3. The Labute approximate surface area is 163 Å². The molecule has 0 aliphatic heterocycles. The van der Waals surface area contributed by atoms with Crippen molar-refractivity contribution >= 4 is 43.2 Å². The summed E-state index contributed by atoms with van der Waals surface area (Å²) < 4.78 is 64.2. The molecule has 146 valence electrons. The first-order valence-electron chi connectivity index (χ1n) is 7.59. The number of alkyl halides is 3. The van der Waals surface area contributed by atoms with Gasteiger partial charge in [0.25, 0.3) is 0 Å². The average molecular weight is 465 g/mol. The van der Waals surface area contributed by atoms with Crippen LogP contribution in [0.15, 0.2) is 46.9 Å². The molecule has 2 aromatic rings. The highest BCUT2D eigenvalue weighted by Gasteiger charge is 2.32. The number of carbonyl (C=O) groups excluding carboxylic acids is 1. The molecular weight excluding hydrogens is 449 g/mol. The first kappa shape index (κ1) is 21.2. The third-order valence-electron chi connectivity index (χ3n) is 3.59. The van der Waals surface area contributed by atoms with E-state index in [2.05, 4.69) is 21.2 Å². The van der Waals surface area contributed by atoms with Crippen molar-refractivity contribution in [3.05, 3.63) is 58.1 Å². The predicted molar refractivity (Wildman–Crippen MR) is 101 cm³/mol. The monoisotopic (exact) mass is 464 g/mol. The maximum absolute atomic E-state index is 12.9. The van der Waals surface area contributed by atoms with Crippen molar-refractivity contribution in [3.63, 3.8) is 0 Å². The second-order valence-electron chi connectivity index (χ2n) is 5.83. The molecule has 10 heteroatoms. The predicted octanol–water partition coefficient (Wildman–Crippen LogP) is 4.18. The van der Waals surface area contributed by atoms with Crippen LogP contribution < -0.4 is 9.62 Å². The Morgan fingerprint density at radius 2 is 1.85 bits per heavy atom. The van der Waals surface area contributed by atoms with E-state index in [1.807, 2.05) is 6.92 Å². The number of aryl methyl sites for hydroxylation is 1. The first-order chi connectivity index (χ1) is 12.4. The van der Waals surface area contributed by atoms with Crippen LogP contribution in [0.3, 0.4) is 0 Å². The van der Waals surface area contributed by atoms with Gasteiger partial charge in [-0.25, -0.2) is 8.42 Å². The molecule has 0 radical (unpaired) electrons. The van der Waals surface area contributed by atoms with Crippen molar-refractivity contribution in [1.29, 1.82) is 0 Å². The molecule has 0 saturated heterocycles. The van der Waals surface area contributed by atoms with Crippen LogP contribution in [-0.2, 0) is 21.0 Å². The number of hydrogen-bond acceptors (Lipinski definition) is 3. The SMILES string of the molecule is Cc1cc(NC(=O)CN(c2cccc(C(F)(F)F)c2)S(C)(=O)=O)ccc1Br. The van der Waals surface area contributed by atoms with E-state index in [0.717, 1.165) is 28.4 Å². The summed E-state index contributed by atoms with van der Waals surface area (Å²) in [6.45, 7) is 1.15. The maximum Gasteiger partial charge on any atom is 0.416 e. The van der Waals surface area contributed by atoms with Crippen LogP contribution in [-0.4, -0.2) is 27.1 Å². The summed E-state index contributed by atoms with van der Waals surface area (Å²) in [5, 5.41) is 2.54. The zero-order chi connectivity index (χ0) is 20.4. The number of benzene rings is 2. The van der Waals surface area contributed by atoms with Gasteiger partial charge in [0.2, 0.25) is 15.9 Å². The first-order valence-corrected chi connectivity index (χ1v) is 10.2. The topological polar surface area (TPSA) is 66.5 Å². The number of anilines is 2. The molecule has 0 fully saturated rings. The van der Waals surface area contributed by atoms with Gasteiger partial charge in [0.1, 0.15) is 6.54 Å². The molecule has 0 heterocycles. The largest absolute Gasteiger partial charge is 0.416 e. The Kier molecular flexibility index (Phi) is 6.21. The fraction of sp³-hybridized carbons (Fsp3) is 0.235. The van der Waals surface area contributed by atoms with Gasteiger partial charge in [-0.1, -0.05) is 22.0 Å². The molecule has 2 rings (SSSR count). The van der Waals surface area contributed by atoms with Gasteiger partial charge >= 0.3 is 6.18 Å². The van der Waals surface area contributed by atoms with Crippen LogP contribution in [0.25, 0.3) is 0 Å². The number of nitrogens with zero attached hydrogens (tertiary/aromatic N) is 1. The Morgan fingerprint density at radius 1 is 1.19 bits per heavy atom. The number of hydrogen-bond donors (Lipinski definition) is 1. The van der Waals surface area contributed by atoms with E-state index in [-0.39, 0.29) is 5.69 Å². The highest BCUT2D eigenvalue weighted by Crippen LogP contribution is 2.32. The summed E-state index contributed by atoms with van der Waals surface area (Å²) in [5.41, 5.74) is 0.0518. The number of amides is 1. The van der Waals surface area contributed by atoms with Gasteiger partial charge in [-0.05, 0) is 48.9 Å². The van der Waals surface area contributed by atoms with Gasteiger partial charge in [0.15, 0.2) is 0 Å². The molecule has 2 aromatic carbocycles. The molecular formula is C17H16BrF3N2O3S. The molecule has 1 N–H and O–H groups in total. The number of halogens is 4. The molecule has 0 bridgehead atoms. The zero-order valence-corrected chi connectivity index (χ0v) is 16.7. The quantitative estimate of drug-likeness (QED) is 0.721. The fourth-order valence-corrected chi connectivity index (χ4v) is 3.39. The van der Waals surface area contributed by atoms with Crippen LogP contribution in [0.1, 0.15) is 11.1 Å². The van der Waals surface area contributed by atoms with Gasteiger partial charge in [0, 0.05) is 10.2 Å². The lowest BCUT2D eigenvalue weighted by Crippen LogP contribution is -2.37. The second-order valence-corrected chi connectivity index (χ2v) is 8.59. The third kappa shape index (κ3) is 5.70. The number of sulfonamides is 1. The van der Waals surface area contributed by atoms with Crippen LogP contribution >= 0.6 is 15.9 Å². The van der Waals surface area contributed by atoms with Crippen molar-refractivity contribution < 1.29 is 26.4 Å². The Morgan fingerprint density at radius 3 is 2.41 bits per heavy atom. The average Bonchev–Trinajstić information content (AvgIpc) is 2.54. The standard InChI is InChI=1S/C17H16BrF3N2O3S/c1-11-8-13(6-7-15(11)18)22-16(24)10-23(27(2,25)26)14-5-3-4-12(9-14)17(19,20)21/h3-9H,10H2,1-2H3,(H,22,24). The summed E-state index contributed by atoms with van der Waals surface area (Å²) in [6.07, 6.45) is -3.80. The van der Waals surface area contributed by atoms with Crippen molar-refractivity contribution in [3.8, 4) is 0 Å². The van der Waals surface area contributed by atoms with E-state index in [0.29, 0.717) is 16.1 Å². The Hall–Kier alpha value is -2.07. The van der Waals surface area contributed by atoms with Crippen LogP contribution in [0.2, 0.25) is 0 Å². The zero-order valence-electron chi connectivity index (χ0n) is 14.3. The normalized spacial score (nSPS) is 11.9. The molecule has 5 nitrogen and oxygen atoms in total. The van der Waals surface area contributed by atoms with E-state index in [9.17, 15) is 26.4 Å². The van der Waals surface area contributed by atoms with Crippen LogP contribution in [0.5, 0.6) is 0 Å². The van der Waals surface area contributed by atoms with E-state index in [4.69, 9.17) is 0 Å². The summed E-state index contributed by atoms with van der Waals surface area (Å²) in [6, 6.07) is 8.82. The maximum atomic E-state index is 12.9. The van der Waals surface area contributed by atoms with E-state index >= 15 is 0 Å². The molecule has 0 unspecified atom stereocenters. The van der Waals surface area contributed by atoms with E-state index in [1.165, 1.54) is 6.07 Å². The smallest absolute Gasteiger partial charge is 0.325 e. The molecule has 1 amide bonds. The van der Waals surface area contributed by atoms with Gasteiger partial charge in [0.05, 0.1) is 17.5 Å². The minimum Gasteiger partial charge on any atom is -0.325 e. The second kappa shape index (κ2) is 7.89. The van der Waals surface area contributed by atoms with Crippen molar-refractivity contribution in [1.82, 2.24) is 0 Å². The molecule has 0 aliphatic carbocycles. The molecule has 27 heavy (non-hydrogen) atoms. The fourth-order valence-electron chi connectivity index (χ4n) is 2.29. The number of carbonyl (C=O) groups is 1. The van der Waals surface area contributed by atoms with Gasteiger partial charge in [-0.15, -0.1) is 0 Å². The highest BCUT2D eigenvalue weighted by molar-refractivity contribution is 9.10. The lowest BCUT2D eigenvalue weighted by molar-refractivity contribution is -0.137. The molecule has 0 spiro atoms. The Balaban J connectivity index is 2.27. The van der Waals surface area contributed by atoms with Gasteiger partial charge in [-0.3, -0.25) is 9.10 Å². The van der Waals surface area contributed by atoms with Crippen LogP contribution in [0.4, 0.5) is 24.5 Å². The lowest BCUT2D eigenvalue weighted by atomic mass is 10.2. The molecule has 0 aliphatic rings. The Bertz CT molecular complexity index is 962. The minimum absolute atomic E-state index is 0.241. The molecule has 0 aromatic heterocycles. The molecule has 0 atom stereocenters. The van der Waals surface area contributed by atoms with Crippen molar-refractivity contribution in [2.24, 2.45) is 0 Å². The van der Waals surface area contributed by atoms with Crippen molar-refractivity contribution in [2.75, 3.05) is 22.4 Å². The number of nitrogens with one attached hydrogen (secondary N) is 1. The number of rotatable bonds is 5. The summed E-state index contributed by atoms with van der Waals surface area (Å²) in [5.74, 6) is -0.681.